The average Bonchev–Trinajstić information content (AvgIpc) is 3.68. The summed E-state index contributed by atoms with van der Waals surface area (Å²) in [5, 5.41) is 18.4. The number of aliphatic hydroxyl groups is 1. The van der Waals surface area contributed by atoms with Crippen LogP contribution in [0, 0.1) is 11.6 Å². The van der Waals surface area contributed by atoms with E-state index in [1.807, 2.05) is 0 Å². The molecule has 3 aromatic carbocycles. The van der Waals surface area contributed by atoms with Crippen LogP contribution < -0.4 is 16.0 Å². The maximum atomic E-state index is 14.4. The van der Waals surface area contributed by atoms with Gasteiger partial charge < -0.3 is 26.0 Å². The van der Waals surface area contributed by atoms with Gasteiger partial charge in [-0.15, -0.1) is 0 Å². The summed E-state index contributed by atoms with van der Waals surface area (Å²) in [7, 11) is 0. The van der Waals surface area contributed by atoms with Crippen molar-refractivity contribution >= 4 is 34.1 Å². The van der Waals surface area contributed by atoms with E-state index < -0.39 is 54.1 Å². The van der Waals surface area contributed by atoms with Crippen LogP contribution in [0.3, 0.4) is 0 Å². The number of anilines is 2. The lowest BCUT2D eigenvalue weighted by atomic mass is 10.0. The quantitative estimate of drug-likeness (QED) is 0.220. The second kappa shape index (κ2) is 12.3. The first-order valence-electron chi connectivity index (χ1n) is 14.2. The van der Waals surface area contributed by atoms with Gasteiger partial charge in [-0.05, 0) is 62.2 Å². The molecule has 45 heavy (non-hydrogen) atoms. The van der Waals surface area contributed by atoms with Gasteiger partial charge in [-0.25, -0.2) is 13.5 Å². The molecule has 14 heteroatoms. The minimum atomic E-state index is -5.13. The Morgan fingerprint density at radius 3 is 2.58 bits per heavy atom. The molecule has 1 aromatic heterocycles. The zero-order valence-electron chi connectivity index (χ0n) is 24.2. The number of hydrogen-bond acceptors (Lipinski definition) is 6. The van der Waals surface area contributed by atoms with Crippen LogP contribution in [0.5, 0.6) is 0 Å². The van der Waals surface area contributed by atoms with Crippen molar-refractivity contribution in [3.05, 3.63) is 84.1 Å². The third-order valence-electron chi connectivity index (χ3n) is 7.98. The van der Waals surface area contributed by atoms with Gasteiger partial charge in [0.25, 0.3) is 5.91 Å². The van der Waals surface area contributed by atoms with Crippen molar-refractivity contribution in [2.45, 2.75) is 37.6 Å². The normalized spacial score (nSPS) is 16.5. The molecule has 0 radical (unpaired) electrons. The number of alkyl halides is 3. The van der Waals surface area contributed by atoms with Gasteiger partial charge in [0.2, 0.25) is 5.91 Å². The molecule has 2 amide bonds. The third-order valence-corrected chi connectivity index (χ3v) is 7.98. The number of primary amides is 1. The fraction of sp³-hybridized carbons (Fsp3) is 0.323. The van der Waals surface area contributed by atoms with Crippen LogP contribution in [0.1, 0.15) is 30.1 Å². The number of carbonyl (C=O) groups excluding carboxylic acids is 2. The average molecular weight is 631 g/mol. The number of amides is 2. The molecular formula is C31H31F5N6O3. The molecule has 0 bridgehead atoms. The highest BCUT2D eigenvalue weighted by Crippen LogP contribution is 2.35. The van der Waals surface area contributed by atoms with Crippen molar-refractivity contribution in [1.82, 2.24) is 14.7 Å². The highest BCUT2D eigenvalue weighted by molar-refractivity contribution is 5.98. The van der Waals surface area contributed by atoms with Gasteiger partial charge in [0.1, 0.15) is 17.7 Å². The van der Waals surface area contributed by atoms with Crippen LogP contribution in [-0.4, -0.2) is 75.6 Å². The molecule has 9 nitrogen and oxygen atoms in total. The Balaban J connectivity index is 1.40. The molecule has 238 valence electrons. The number of benzene rings is 3. The SMILES string of the molecule is CCN(CC(O)(CNc1cccc2c1cnn2-c1cccc(C(=O)N2CCC[C@@H]2C(N)=O)c1)C(F)(F)F)c1cc(F)ccc1F. The lowest BCUT2D eigenvalue weighted by Gasteiger charge is -2.36. The number of rotatable bonds is 10. The molecule has 1 fully saturated rings. The molecule has 0 spiro atoms. The summed E-state index contributed by atoms with van der Waals surface area (Å²) in [6.07, 6.45) is -2.56. The summed E-state index contributed by atoms with van der Waals surface area (Å²) in [5.74, 6) is -2.69. The minimum Gasteiger partial charge on any atom is -0.381 e. The Labute approximate surface area is 255 Å². The summed E-state index contributed by atoms with van der Waals surface area (Å²) in [4.78, 5) is 27.4. The monoisotopic (exact) mass is 630 g/mol. The van der Waals surface area contributed by atoms with Crippen molar-refractivity contribution in [3.8, 4) is 5.69 Å². The number of nitrogens with zero attached hydrogens (tertiary/aromatic N) is 4. The molecule has 1 unspecified atom stereocenters. The number of nitrogens with two attached hydrogens (primary N) is 1. The minimum absolute atomic E-state index is 0.135. The van der Waals surface area contributed by atoms with Crippen molar-refractivity contribution in [2.24, 2.45) is 5.73 Å². The fourth-order valence-corrected chi connectivity index (χ4v) is 5.55. The first kappa shape index (κ1) is 31.7. The number of aromatic nitrogens is 2. The van der Waals surface area contributed by atoms with Crippen LogP contribution >= 0.6 is 0 Å². The van der Waals surface area contributed by atoms with E-state index in [0.717, 1.165) is 23.1 Å². The Hall–Kier alpha value is -4.72. The Morgan fingerprint density at radius 2 is 1.87 bits per heavy atom. The van der Waals surface area contributed by atoms with Crippen LogP contribution in [0.4, 0.5) is 33.3 Å². The standard InChI is InChI=1S/C31H31F5N6O3/c1-2-40(27-15-20(32)11-12-23(27)33)18-30(45,31(34,35)36)17-38-24-8-4-9-25-22(24)16-39-42(25)21-7-3-6-19(14-21)29(44)41-13-5-10-26(41)28(37)43/h3-4,6-9,11-12,14-16,26,38,45H,2,5,10,13,17-18H2,1H3,(H2,37,43)/t26-,30?/m1/s1. The Kier molecular flexibility index (Phi) is 8.70. The summed E-state index contributed by atoms with van der Waals surface area (Å²) in [6, 6.07) is 13.1. The molecule has 1 saturated heterocycles. The first-order chi connectivity index (χ1) is 21.3. The van der Waals surface area contributed by atoms with Gasteiger partial charge in [-0.1, -0.05) is 12.1 Å². The van der Waals surface area contributed by atoms with Crippen LogP contribution in [0.15, 0.2) is 66.9 Å². The Bertz CT molecular complexity index is 1730. The molecule has 2 heterocycles. The van der Waals surface area contributed by atoms with E-state index in [-0.39, 0.29) is 18.1 Å². The highest BCUT2D eigenvalue weighted by Gasteiger charge is 2.54. The van der Waals surface area contributed by atoms with Crippen LogP contribution in [0.25, 0.3) is 16.6 Å². The van der Waals surface area contributed by atoms with Gasteiger partial charge in [-0.2, -0.15) is 18.3 Å². The van der Waals surface area contributed by atoms with Gasteiger partial charge >= 0.3 is 6.18 Å². The number of likely N-dealkylation sites (N-methyl/N-ethyl adjacent to an activating group) is 1. The predicted octanol–water partition coefficient (Wildman–Crippen LogP) is 4.63. The van der Waals surface area contributed by atoms with Gasteiger partial charge in [0.15, 0.2) is 5.60 Å². The summed E-state index contributed by atoms with van der Waals surface area (Å²) >= 11 is 0. The number of hydrogen-bond donors (Lipinski definition) is 3. The smallest absolute Gasteiger partial charge is 0.381 e. The second-order valence-corrected chi connectivity index (χ2v) is 10.9. The molecule has 0 aliphatic carbocycles. The predicted molar refractivity (Wildman–Crippen MR) is 158 cm³/mol. The van der Waals surface area contributed by atoms with E-state index in [9.17, 15) is 36.6 Å². The van der Waals surface area contributed by atoms with Crippen molar-refractivity contribution < 1.29 is 36.6 Å². The molecule has 1 aliphatic heterocycles. The van der Waals surface area contributed by atoms with Crippen molar-refractivity contribution in [2.75, 3.05) is 36.4 Å². The van der Waals surface area contributed by atoms with Crippen molar-refractivity contribution in [3.63, 3.8) is 0 Å². The number of carbonyl (C=O) groups is 2. The number of likely N-dealkylation sites (tertiary alicyclic amines) is 1. The summed E-state index contributed by atoms with van der Waals surface area (Å²) < 4.78 is 72.5. The maximum Gasteiger partial charge on any atom is 0.420 e. The lowest BCUT2D eigenvalue weighted by Crippen LogP contribution is -2.58. The zero-order valence-corrected chi connectivity index (χ0v) is 24.2. The van der Waals surface area contributed by atoms with Crippen LogP contribution in [0.2, 0.25) is 0 Å². The third kappa shape index (κ3) is 6.27. The fourth-order valence-electron chi connectivity index (χ4n) is 5.55. The highest BCUT2D eigenvalue weighted by atomic mass is 19.4. The molecule has 0 saturated carbocycles. The zero-order chi connectivity index (χ0) is 32.5. The van der Waals surface area contributed by atoms with Crippen LogP contribution in [-0.2, 0) is 4.79 Å². The summed E-state index contributed by atoms with van der Waals surface area (Å²) in [6.45, 7) is -0.343. The topological polar surface area (TPSA) is 117 Å². The van der Waals surface area contributed by atoms with Crippen molar-refractivity contribution in [1.29, 1.82) is 0 Å². The molecular weight excluding hydrogens is 599 g/mol. The molecule has 5 rings (SSSR count). The van der Waals surface area contributed by atoms with E-state index in [1.54, 1.807) is 36.4 Å². The number of nitrogens with one attached hydrogen (secondary N) is 1. The van der Waals surface area contributed by atoms with Gasteiger partial charge in [0.05, 0.1) is 36.2 Å². The van der Waals surface area contributed by atoms with E-state index in [1.165, 1.54) is 28.8 Å². The lowest BCUT2D eigenvalue weighted by molar-refractivity contribution is -0.250. The van der Waals surface area contributed by atoms with Gasteiger partial charge in [0, 0.05) is 35.8 Å². The Morgan fingerprint density at radius 1 is 1.11 bits per heavy atom. The first-order valence-corrected chi connectivity index (χ1v) is 14.2. The maximum absolute atomic E-state index is 14.4. The number of halogens is 5. The van der Waals surface area contributed by atoms with Gasteiger partial charge in [-0.3, -0.25) is 9.59 Å². The van der Waals surface area contributed by atoms with E-state index >= 15 is 0 Å². The molecule has 4 aromatic rings. The summed E-state index contributed by atoms with van der Waals surface area (Å²) in [5.41, 5.74) is 3.24. The van der Waals surface area contributed by atoms with E-state index in [0.29, 0.717) is 41.5 Å². The number of fused-ring (bicyclic) bond motifs is 1. The van der Waals surface area contributed by atoms with E-state index in [2.05, 4.69) is 10.4 Å². The second-order valence-electron chi connectivity index (χ2n) is 10.9. The molecule has 4 N–H and O–H groups in total. The van der Waals surface area contributed by atoms with E-state index in [4.69, 9.17) is 5.73 Å². The molecule has 1 aliphatic rings. The molecule has 2 atom stereocenters. The largest absolute Gasteiger partial charge is 0.420 e.